The molecular formula is C16H15N2O3+. The van der Waals surface area contributed by atoms with E-state index in [1.54, 1.807) is 18.3 Å². The van der Waals surface area contributed by atoms with E-state index in [4.69, 9.17) is 0 Å². The maximum atomic E-state index is 10.6. The van der Waals surface area contributed by atoms with Crippen LogP contribution in [0.4, 0.5) is 5.69 Å². The molecule has 0 bridgehead atoms. The summed E-state index contributed by atoms with van der Waals surface area (Å²) in [5, 5.41) is 20.5. The molecule has 0 amide bonds. The molecule has 0 aliphatic heterocycles. The van der Waals surface area contributed by atoms with Gasteiger partial charge in [-0.3, -0.25) is 10.1 Å². The van der Waals surface area contributed by atoms with Crippen molar-refractivity contribution in [3.8, 4) is 5.75 Å². The maximum absolute atomic E-state index is 10.6. The Morgan fingerprint density at radius 2 is 1.76 bits per heavy atom. The zero-order chi connectivity index (χ0) is 15.2. The highest BCUT2D eigenvalue weighted by molar-refractivity contribution is 5.89. The van der Waals surface area contributed by atoms with Gasteiger partial charge in [-0.2, -0.15) is 0 Å². The Bertz CT molecular complexity index is 758. The van der Waals surface area contributed by atoms with Gasteiger partial charge in [0.15, 0.2) is 11.9 Å². The van der Waals surface area contributed by atoms with E-state index >= 15 is 0 Å². The molecule has 0 unspecified atom stereocenters. The van der Waals surface area contributed by atoms with E-state index in [0.717, 1.165) is 0 Å². The molecule has 1 heterocycles. The summed E-state index contributed by atoms with van der Waals surface area (Å²) in [6.07, 6.45) is 1.60. The van der Waals surface area contributed by atoms with Crippen molar-refractivity contribution in [2.75, 3.05) is 0 Å². The molecule has 3 rings (SSSR count). The normalized spacial score (nSPS) is 9.76. The van der Waals surface area contributed by atoms with E-state index in [9.17, 15) is 15.2 Å². The van der Waals surface area contributed by atoms with E-state index in [1.807, 2.05) is 18.2 Å². The SMILES string of the molecule is Cc1ccccc1.O=[N+]([O-])c1ccc(O)c2[nH+]cccc12. The lowest BCUT2D eigenvalue weighted by Gasteiger charge is -1.95. The quantitative estimate of drug-likeness (QED) is 0.550. The average Bonchev–Trinajstić information content (AvgIpc) is 2.49. The van der Waals surface area contributed by atoms with Crippen LogP contribution in [0.2, 0.25) is 0 Å². The Morgan fingerprint density at radius 3 is 2.33 bits per heavy atom. The lowest BCUT2D eigenvalue weighted by atomic mass is 10.2. The number of benzene rings is 2. The minimum Gasteiger partial charge on any atom is -0.502 e. The molecule has 3 aromatic rings. The smallest absolute Gasteiger partial charge is 0.283 e. The fourth-order valence-corrected chi connectivity index (χ4v) is 1.89. The van der Waals surface area contributed by atoms with Gasteiger partial charge in [-0.25, -0.2) is 4.98 Å². The third kappa shape index (κ3) is 3.54. The number of hydrogen-bond acceptors (Lipinski definition) is 3. The fourth-order valence-electron chi connectivity index (χ4n) is 1.89. The third-order valence-corrected chi connectivity index (χ3v) is 2.92. The first-order chi connectivity index (χ1) is 10.1. The summed E-state index contributed by atoms with van der Waals surface area (Å²) in [6, 6.07) is 16.1. The van der Waals surface area contributed by atoms with Crippen molar-refractivity contribution in [1.29, 1.82) is 0 Å². The molecule has 0 aliphatic carbocycles. The number of nitrogens with one attached hydrogen (secondary N) is 1. The Hall–Kier alpha value is -2.95. The second-order valence-corrected chi connectivity index (χ2v) is 4.47. The number of aryl methyl sites for hydroxylation is 1. The highest BCUT2D eigenvalue weighted by atomic mass is 16.6. The van der Waals surface area contributed by atoms with Crippen LogP contribution in [0.25, 0.3) is 10.9 Å². The number of H-pyrrole nitrogens is 1. The van der Waals surface area contributed by atoms with Crippen molar-refractivity contribution in [1.82, 2.24) is 0 Å². The number of pyridine rings is 1. The fraction of sp³-hybridized carbons (Fsp3) is 0.0625. The lowest BCUT2D eigenvalue weighted by Crippen LogP contribution is -2.03. The Kier molecular flexibility index (Phi) is 4.46. The summed E-state index contributed by atoms with van der Waals surface area (Å²) in [4.78, 5) is 12.9. The Balaban J connectivity index is 0.000000194. The predicted octanol–water partition coefficient (Wildman–Crippen LogP) is 3.26. The summed E-state index contributed by atoms with van der Waals surface area (Å²) in [6.45, 7) is 2.08. The van der Waals surface area contributed by atoms with Gasteiger partial charge in [0.2, 0.25) is 0 Å². The Labute approximate surface area is 121 Å². The minimum atomic E-state index is -0.477. The number of aromatic amines is 1. The molecule has 2 N–H and O–H groups in total. The van der Waals surface area contributed by atoms with Crippen LogP contribution >= 0.6 is 0 Å². The average molecular weight is 283 g/mol. The summed E-state index contributed by atoms with van der Waals surface area (Å²) in [5.41, 5.74) is 1.68. The van der Waals surface area contributed by atoms with Crippen LogP contribution in [-0.4, -0.2) is 10.0 Å². The van der Waals surface area contributed by atoms with Gasteiger partial charge in [0.25, 0.3) is 11.2 Å². The molecular weight excluding hydrogens is 268 g/mol. The number of aromatic hydroxyl groups is 1. The summed E-state index contributed by atoms with van der Waals surface area (Å²) in [5.74, 6) is 0.00574. The zero-order valence-corrected chi connectivity index (χ0v) is 11.5. The van der Waals surface area contributed by atoms with E-state index < -0.39 is 4.92 Å². The van der Waals surface area contributed by atoms with Gasteiger partial charge >= 0.3 is 0 Å². The minimum absolute atomic E-state index is 0.00574. The number of fused-ring (bicyclic) bond motifs is 1. The highest BCUT2D eigenvalue weighted by Crippen LogP contribution is 2.28. The number of aromatic nitrogens is 1. The van der Waals surface area contributed by atoms with Crippen molar-refractivity contribution in [3.05, 3.63) is 76.5 Å². The number of nitrogens with zero attached hydrogens (tertiary/aromatic N) is 1. The van der Waals surface area contributed by atoms with E-state index in [-0.39, 0.29) is 11.4 Å². The maximum Gasteiger partial charge on any atom is 0.283 e. The van der Waals surface area contributed by atoms with Crippen molar-refractivity contribution < 1.29 is 15.0 Å². The molecule has 5 heteroatoms. The molecule has 0 aliphatic rings. The molecule has 2 aromatic carbocycles. The summed E-state index contributed by atoms with van der Waals surface area (Å²) >= 11 is 0. The topological polar surface area (TPSA) is 77.5 Å². The van der Waals surface area contributed by atoms with Crippen molar-refractivity contribution in [2.45, 2.75) is 6.92 Å². The van der Waals surface area contributed by atoms with E-state index in [0.29, 0.717) is 10.9 Å². The zero-order valence-electron chi connectivity index (χ0n) is 11.5. The standard InChI is InChI=1S/C9H6N2O3.C7H8/c12-8-4-3-7(11(13)14)6-2-1-5-10-9(6)8;1-7-5-3-2-4-6-7/h1-5,12H;2-6H,1H3/p+1. The van der Waals surface area contributed by atoms with Crippen LogP contribution in [0.5, 0.6) is 5.75 Å². The number of phenolic OH excluding ortho intramolecular Hbond substituents is 1. The molecule has 1 aromatic heterocycles. The molecule has 5 nitrogen and oxygen atoms in total. The number of phenols is 1. The van der Waals surface area contributed by atoms with Crippen LogP contribution < -0.4 is 4.98 Å². The summed E-state index contributed by atoms with van der Waals surface area (Å²) in [7, 11) is 0. The molecule has 0 radical (unpaired) electrons. The van der Waals surface area contributed by atoms with Gasteiger partial charge < -0.3 is 5.11 Å². The number of nitro benzene ring substituents is 1. The second-order valence-electron chi connectivity index (χ2n) is 4.47. The first-order valence-corrected chi connectivity index (χ1v) is 6.38. The number of nitro groups is 1. The highest BCUT2D eigenvalue weighted by Gasteiger charge is 2.17. The van der Waals surface area contributed by atoms with Crippen LogP contribution in [0.1, 0.15) is 5.56 Å². The van der Waals surface area contributed by atoms with Crippen LogP contribution in [0.15, 0.2) is 60.8 Å². The van der Waals surface area contributed by atoms with Gasteiger partial charge in [0.1, 0.15) is 5.39 Å². The predicted molar refractivity (Wildman–Crippen MR) is 80.0 cm³/mol. The second kappa shape index (κ2) is 6.47. The Morgan fingerprint density at radius 1 is 1.05 bits per heavy atom. The summed E-state index contributed by atoms with van der Waals surface area (Å²) < 4.78 is 0. The molecule has 0 spiro atoms. The van der Waals surface area contributed by atoms with Gasteiger partial charge in [0.05, 0.1) is 4.92 Å². The molecule has 106 valence electrons. The molecule has 0 saturated heterocycles. The van der Waals surface area contributed by atoms with Crippen molar-refractivity contribution >= 4 is 16.6 Å². The lowest BCUT2D eigenvalue weighted by molar-refractivity contribution is -0.384. The van der Waals surface area contributed by atoms with Gasteiger partial charge in [-0.1, -0.05) is 35.9 Å². The van der Waals surface area contributed by atoms with Gasteiger partial charge in [-0.05, 0) is 19.1 Å². The number of hydrogen-bond donors (Lipinski definition) is 1. The number of rotatable bonds is 1. The van der Waals surface area contributed by atoms with Crippen LogP contribution in [0, 0.1) is 17.0 Å². The van der Waals surface area contributed by atoms with E-state index in [2.05, 4.69) is 24.0 Å². The van der Waals surface area contributed by atoms with Crippen molar-refractivity contribution in [2.24, 2.45) is 0 Å². The first kappa shape index (κ1) is 14.5. The van der Waals surface area contributed by atoms with Crippen LogP contribution in [0.3, 0.4) is 0 Å². The first-order valence-electron chi connectivity index (χ1n) is 6.38. The van der Waals surface area contributed by atoms with Crippen LogP contribution in [-0.2, 0) is 0 Å². The van der Waals surface area contributed by atoms with Gasteiger partial charge in [-0.15, -0.1) is 0 Å². The number of non-ortho nitro benzene ring substituents is 1. The largest absolute Gasteiger partial charge is 0.502 e. The third-order valence-electron chi connectivity index (χ3n) is 2.92. The molecule has 0 saturated carbocycles. The van der Waals surface area contributed by atoms with Gasteiger partial charge in [0, 0.05) is 12.1 Å². The molecule has 0 atom stereocenters. The van der Waals surface area contributed by atoms with Crippen molar-refractivity contribution in [3.63, 3.8) is 0 Å². The monoisotopic (exact) mass is 283 g/mol. The molecule has 0 fully saturated rings. The molecule has 21 heavy (non-hydrogen) atoms. The van der Waals surface area contributed by atoms with E-state index in [1.165, 1.54) is 17.7 Å².